The lowest BCUT2D eigenvalue weighted by Crippen LogP contribution is -2.31. The van der Waals surface area contributed by atoms with Crippen molar-refractivity contribution in [3.63, 3.8) is 0 Å². The van der Waals surface area contributed by atoms with Crippen LogP contribution in [0.1, 0.15) is 12.8 Å². The van der Waals surface area contributed by atoms with Gasteiger partial charge in [0.15, 0.2) is 0 Å². The fraction of sp³-hybridized carbons (Fsp3) is 1.00. The second kappa shape index (κ2) is 0.847. The minimum atomic E-state index is 0.278. The van der Waals surface area contributed by atoms with Gasteiger partial charge in [-0.2, -0.15) is 0 Å². The monoisotopic (exact) mass is 112 g/mol. The van der Waals surface area contributed by atoms with E-state index in [9.17, 15) is 0 Å². The van der Waals surface area contributed by atoms with Crippen molar-refractivity contribution in [1.29, 1.82) is 0 Å². The minimum Gasteiger partial charge on any atom is -0.370 e. The Morgan fingerprint density at radius 3 is 2.38 bits per heavy atom. The quantitative estimate of drug-likeness (QED) is 0.456. The first-order valence-electron chi connectivity index (χ1n) is 3.21. The van der Waals surface area contributed by atoms with Gasteiger partial charge in [-0.05, 0) is 12.8 Å². The zero-order chi connectivity index (χ0) is 5.19. The van der Waals surface area contributed by atoms with E-state index < -0.39 is 0 Å². The second-order valence-corrected chi connectivity index (χ2v) is 2.92. The second-order valence-electron chi connectivity index (χ2n) is 2.92. The van der Waals surface area contributed by atoms with Crippen molar-refractivity contribution in [3.05, 3.63) is 0 Å². The van der Waals surface area contributed by atoms with Gasteiger partial charge in [-0.15, -0.1) is 0 Å². The number of hydrogen-bond acceptors (Lipinski definition) is 2. The van der Waals surface area contributed by atoms with E-state index in [2.05, 4.69) is 0 Å². The zero-order valence-corrected chi connectivity index (χ0v) is 4.59. The maximum Gasteiger partial charge on any atom is 0.123 e. The van der Waals surface area contributed by atoms with E-state index in [1.54, 1.807) is 0 Å². The van der Waals surface area contributed by atoms with Crippen molar-refractivity contribution in [2.45, 2.75) is 30.7 Å². The zero-order valence-electron chi connectivity index (χ0n) is 4.59. The third-order valence-corrected chi connectivity index (χ3v) is 2.53. The molecule has 8 heavy (non-hydrogen) atoms. The molecular weight excluding hydrogens is 104 g/mol. The van der Waals surface area contributed by atoms with Gasteiger partial charge in [0.05, 0.1) is 12.7 Å². The number of ether oxygens (including phenoxy) is 2. The molecule has 2 saturated heterocycles. The molecule has 0 spiro atoms. The summed E-state index contributed by atoms with van der Waals surface area (Å²) < 4.78 is 10.5. The molecule has 3 aliphatic rings. The van der Waals surface area contributed by atoms with Crippen LogP contribution < -0.4 is 0 Å². The molecule has 2 aliphatic heterocycles. The van der Waals surface area contributed by atoms with E-state index in [4.69, 9.17) is 9.47 Å². The lowest BCUT2D eigenvalue weighted by atomic mass is 9.83. The summed E-state index contributed by atoms with van der Waals surface area (Å²) in [6.45, 7) is 0.955. The first kappa shape index (κ1) is 3.85. The lowest BCUT2D eigenvalue weighted by molar-refractivity contribution is 0.235. The normalized spacial score (nSPS) is 66.0. The van der Waals surface area contributed by atoms with Crippen molar-refractivity contribution in [2.24, 2.45) is 0 Å². The lowest BCUT2D eigenvalue weighted by Gasteiger charge is -2.15. The van der Waals surface area contributed by atoms with Gasteiger partial charge in [-0.3, -0.25) is 0 Å². The van der Waals surface area contributed by atoms with E-state index in [1.165, 1.54) is 12.8 Å². The Hall–Kier alpha value is -0.0800. The highest BCUT2D eigenvalue weighted by atomic mass is 16.7. The Balaban J connectivity index is 1.88. The van der Waals surface area contributed by atoms with Crippen LogP contribution in [0.5, 0.6) is 0 Å². The van der Waals surface area contributed by atoms with Gasteiger partial charge in [-0.1, -0.05) is 0 Å². The molecule has 0 radical (unpaired) electrons. The molecule has 0 N–H and O–H groups in total. The van der Waals surface area contributed by atoms with Crippen LogP contribution in [0.3, 0.4) is 0 Å². The molecule has 44 valence electrons. The molecule has 3 unspecified atom stereocenters. The molecule has 0 aromatic carbocycles. The molecule has 1 saturated carbocycles. The van der Waals surface area contributed by atoms with E-state index in [0.717, 1.165) is 6.61 Å². The van der Waals surface area contributed by atoms with Crippen LogP contribution in [0.25, 0.3) is 0 Å². The predicted molar refractivity (Wildman–Crippen MR) is 26.6 cm³/mol. The predicted octanol–water partition coefficient (Wildman–Crippen LogP) is 0.317. The summed E-state index contributed by atoms with van der Waals surface area (Å²) in [5, 5.41) is 0. The summed E-state index contributed by atoms with van der Waals surface area (Å²) in [4.78, 5) is 0. The van der Waals surface area contributed by atoms with Crippen LogP contribution in [-0.4, -0.2) is 24.4 Å². The Morgan fingerprint density at radius 1 is 1.38 bits per heavy atom. The molecule has 3 atom stereocenters. The molecule has 2 heteroatoms. The summed E-state index contributed by atoms with van der Waals surface area (Å²) in [5.41, 5.74) is 0.278. The maximum absolute atomic E-state index is 5.41. The van der Waals surface area contributed by atoms with Gasteiger partial charge in [-0.25, -0.2) is 0 Å². The minimum absolute atomic E-state index is 0.278. The van der Waals surface area contributed by atoms with Crippen LogP contribution in [0.4, 0.5) is 0 Å². The largest absolute Gasteiger partial charge is 0.370 e. The Labute approximate surface area is 47.8 Å². The van der Waals surface area contributed by atoms with Gasteiger partial charge in [0.2, 0.25) is 0 Å². The molecule has 1 aliphatic carbocycles. The summed E-state index contributed by atoms with van der Waals surface area (Å²) in [6.07, 6.45) is 3.64. The average molecular weight is 112 g/mol. The molecule has 3 rings (SSSR count). The first-order valence-corrected chi connectivity index (χ1v) is 3.21. The Kier molecular flexibility index (Phi) is 0.408. The smallest absolute Gasteiger partial charge is 0.123 e. The fourth-order valence-electron chi connectivity index (χ4n) is 1.67. The van der Waals surface area contributed by atoms with Crippen molar-refractivity contribution in [1.82, 2.24) is 0 Å². The Bertz CT molecular complexity index is 137. The van der Waals surface area contributed by atoms with E-state index in [-0.39, 0.29) is 5.60 Å². The summed E-state index contributed by atoms with van der Waals surface area (Å²) >= 11 is 0. The average Bonchev–Trinajstić information content (AvgIpc) is 2.50. The number of hydrogen-bond donors (Lipinski definition) is 0. The van der Waals surface area contributed by atoms with Gasteiger partial charge < -0.3 is 9.47 Å². The number of fused-ring (bicyclic) bond motifs is 1. The van der Waals surface area contributed by atoms with Crippen LogP contribution in [-0.2, 0) is 9.47 Å². The fourth-order valence-corrected chi connectivity index (χ4v) is 1.67. The van der Waals surface area contributed by atoms with Crippen LogP contribution in [0, 0.1) is 0 Å². The highest BCUT2D eigenvalue weighted by Gasteiger charge is 2.71. The van der Waals surface area contributed by atoms with Crippen LogP contribution >= 0.6 is 0 Å². The maximum atomic E-state index is 5.41. The van der Waals surface area contributed by atoms with Crippen molar-refractivity contribution in [2.75, 3.05) is 6.61 Å². The van der Waals surface area contributed by atoms with E-state index in [0.29, 0.717) is 12.2 Å². The highest BCUT2D eigenvalue weighted by molar-refractivity contribution is 5.19. The molecule has 3 fully saturated rings. The standard InChI is InChI=1S/C6H8O2/c1-2-6(4(1)8-6)5-3-7-5/h4-5H,1-3H2. The van der Waals surface area contributed by atoms with Crippen molar-refractivity contribution < 1.29 is 9.47 Å². The molecular formula is C6H8O2. The third-order valence-electron chi connectivity index (χ3n) is 2.53. The van der Waals surface area contributed by atoms with Gasteiger partial charge in [0.25, 0.3) is 0 Å². The topological polar surface area (TPSA) is 25.1 Å². The van der Waals surface area contributed by atoms with Crippen LogP contribution in [0.2, 0.25) is 0 Å². The third kappa shape index (κ3) is 0.250. The Morgan fingerprint density at radius 2 is 2.25 bits per heavy atom. The molecule has 0 aromatic rings. The number of epoxide rings is 2. The van der Waals surface area contributed by atoms with Crippen LogP contribution in [0.15, 0.2) is 0 Å². The van der Waals surface area contributed by atoms with Gasteiger partial charge >= 0.3 is 0 Å². The summed E-state index contributed by atoms with van der Waals surface area (Å²) in [6, 6.07) is 0. The van der Waals surface area contributed by atoms with E-state index in [1.807, 2.05) is 0 Å². The highest BCUT2D eigenvalue weighted by Crippen LogP contribution is 2.59. The van der Waals surface area contributed by atoms with Crippen molar-refractivity contribution >= 4 is 0 Å². The number of rotatable bonds is 1. The van der Waals surface area contributed by atoms with Gasteiger partial charge in [0, 0.05) is 0 Å². The SMILES string of the molecule is C1OC1C12CCC1O2. The summed E-state index contributed by atoms with van der Waals surface area (Å²) in [5.74, 6) is 0. The van der Waals surface area contributed by atoms with E-state index >= 15 is 0 Å². The molecule has 2 nitrogen and oxygen atoms in total. The molecule has 0 aromatic heterocycles. The molecule has 0 amide bonds. The van der Waals surface area contributed by atoms with Gasteiger partial charge in [0.1, 0.15) is 11.7 Å². The van der Waals surface area contributed by atoms with Crippen molar-refractivity contribution in [3.8, 4) is 0 Å². The molecule has 2 heterocycles. The first-order chi connectivity index (χ1) is 3.92. The molecule has 0 bridgehead atoms. The summed E-state index contributed by atoms with van der Waals surface area (Å²) in [7, 11) is 0.